The fourth-order valence-electron chi connectivity index (χ4n) is 3.25. The number of unbranched alkanes of at least 4 members (excludes halogenated alkanes) is 7. The third kappa shape index (κ3) is 5.48. The standard InChI is InChI=1S/C19H27Cl2NO/c1-2-3-4-5-6-7-8-9-10-22-17-12-14-11-15(20)13-16(21)18(14)19(17)23/h11,13,17,22H,2-10,12H2,1H3. The molecule has 1 aromatic carbocycles. The average Bonchev–Trinajstić information content (AvgIpc) is 2.82. The topological polar surface area (TPSA) is 29.1 Å². The normalized spacial score (nSPS) is 16.8. The van der Waals surface area contributed by atoms with E-state index in [0.29, 0.717) is 22.0 Å². The van der Waals surface area contributed by atoms with E-state index in [0.717, 1.165) is 18.5 Å². The molecule has 0 saturated heterocycles. The summed E-state index contributed by atoms with van der Waals surface area (Å²) >= 11 is 12.2. The summed E-state index contributed by atoms with van der Waals surface area (Å²) in [6, 6.07) is 3.38. The quantitative estimate of drug-likeness (QED) is 0.534. The Kier molecular flexibility index (Phi) is 7.88. The molecule has 4 heteroatoms. The molecule has 2 nitrogen and oxygen atoms in total. The van der Waals surface area contributed by atoms with Gasteiger partial charge in [-0.15, -0.1) is 0 Å². The molecule has 0 saturated carbocycles. The van der Waals surface area contributed by atoms with Crippen molar-refractivity contribution < 1.29 is 4.79 Å². The van der Waals surface area contributed by atoms with Crippen LogP contribution in [-0.2, 0) is 6.42 Å². The number of hydrogen-bond acceptors (Lipinski definition) is 2. The highest BCUT2D eigenvalue weighted by Crippen LogP contribution is 2.32. The van der Waals surface area contributed by atoms with Crippen LogP contribution in [0.3, 0.4) is 0 Å². The van der Waals surface area contributed by atoms with Gasteiger partial charge in [0.25, 0.3) is 0 Å². The number of benzene rings is 1. The monoisotopic (exact) mass is 355 g/mol. The molecule has 0 fully saturated rings. The Hall–Kier alpha value is -0.570. The summed E-state index contributed by atoms with van der Waals surface area (Å²) in [6.45, 7) is 3.14. The molecule has 0 aromatic heterocycles. The Labute approximate surface area is 149 Å². The highest BCUT2D eigenvalue weighted by atomic mass is 35.5. The lowest BCUT2D eigenvalue weighted by atomic mass is 10.1. The molecule has 0 amide bonds. The third-order valence-electron chi connectivity index (χ3n) is 4.54. The third-order valence-corrected chi connectivity index (χ3v) is 5.06. The summed E-state index contributed by atoms with van der Waals surface area (Å²) < 4.78 is 0. The average molecular weight is 356 g/mol. The van der Waals surface area contributed by atoms with Crippen molar-refractivity contribution in [3.63, 3.8) is 0 Å². The maximum Gasteiger partial charge on any atom is 0.181 e. The number of fused-ring (bicyclic) bond motifs is 1. The number of rotatable bonds is 10. The molecule has 0 bridgehead atoms. The summed E-state index contributed by atoms with van der Waals surface area (Å²) in [5.74, 6) is 0.112. The molecule has 0 aliphatic heterocycles. The van der Waals surface area contributed by atoms with Crippen LogP contribution in [-0.4, -0.2) is 18.4 Å². The van der Waals surface area contributed by atoms with Gasteiger partial charge in [-0.1, -0.05) is 75.1 Å². The van der Waals surface area contributed by atoms with Gasteiger partial charge in [0.1, 0.15) is 0 Å². The van der Waals surface area contributed by atoms with Gasteiger partial charge in [0.2, 0.25) is 0 Å². The van der Waals surface area contributed by atoms with Crippen LogP contribution in [0.25, 0.3) is 0 Å². The van der Waals surface area contributed by atoms with Gasteiger partial charge in [-0.2, -0.15) is 0 Å². The summed E-state index contributed by atoms with van der Waals surface area (Å²) in [5, 5.41) is 4.47. The first kappa shape index (κ1) is 18.8. The minimum absolute atomic E-state index is 0.112. The predicted octanol–water partition coefficient (Wildman–Crippen LogP) is 5.83. The second-order valence-electron chi connectivity index (χ2n) is 6.47. The lowest BCUT2D eigenvalue weighted by Crippen LogP contribution is -2.35. The second-order valence-corrected chi connectivity index (χ2v) is 7.32. The lowest BCUT2D eigenvalue weighted by Gasteiger charge is -2.10. The van der Waals surface area contributed by atoms with Crippen LogP contribution < -0.4 is 5.32 Å². The zero-order valence-corrected chi connectivity index (χ0v) is 15.5. The summed E-state index contributed by atoms with van der Waals surface area (Å²) in [7, 11) is 0. The number of hydrogen-bond donors (Lipinski definition) is 1. The molecule has 2 rings (SSSR count). The second kappa shape index (κ2) is 9.66. The molecule has 1 unspecified atom stereocenters. The maximum atomic E-state index is 12.4. The zero-order valence-electron chi connectivity index (χ0n) is 14.0. The van der Waals surface area contributed by atoms with Crippen LogP contribution in [0.4, 0.5) is 0 Å². The molecule has 1 aliphatic rings. The minimum atomic E-state index is -0.134. The molecule has 0 radical (unpaired) electrons. The van der Waals surface area contributed by atoms with Crippen LogP contribution in [0.5, 0.6) is 0 Å². The van der Waals surface area contributed by atoms with Crippen molar-refractivity contribution in [2.75, 3.05) is 6.54 Å². The van der Waals surface area contributed by atoms with Crippen molar-refractivity contribution in [1.29, 1.82) is 0 Å². The van der Waals surface area contributed by atoms with Gasteiger partial charge >= 0.3 is 0 Å². The largest absolute Gasteiger partial charge is 0.307 e. The van der Waals surface area contributed by atoms with E-state index >= 15 is 0 Å². The van der Waals surface area contributed by atoms with E-state index in [-0.39, 0.29) is 11.8 Å². The van der Waals surface area contributed by atoms with Crippen molar-refractivity contribution in [2.45, 2.75) is 70.8 Å². The molecule has 0 spiro atoms. The van der Waals surface area contributed by atoms with Crippen LogP contribution in [0.15, 0.2) is 12.1 Å². The van der Waals surface area contributed by atoms with Gasteiger partial charge in [-0.3, -0.25) is 4.79 Å². The molecular formula is C19H27Cl2NO. The smallest absolute Gasteiger partial charge is 0.181 e. The van der Waals surface area contributed by atoms with Crippen molar-refractivity contribution in [2.24, 2.45) is 0 Å². The van der Waals surface area contributed by atoms with Crippen molar-refractivity contribution in [3.8, 4) is 0 Å². The molecule has 1 atom stereocenters. The SMILES string of the molecule is CCCCCCCCCCNC1Cc2cc(Cl)cc(Cl)c2C1=O. The minimum Gasteiger partial charge on any atom is -0.307 e. The Bertz CT molecular complexity index is 530. The zero-order chi connectivity index (χ0) is 16.7. The number of carbonyl (C=O) groups excluding carboxylic acids is 1. The first-order chi connectivity index (χ1) is 11.1. The van der Waals surface area contributed by atoms with E-state index in [4.69, 9.17) is 23.2 Å². The number of halogens is 2. The van der Waals surface area contributed by atoms with Gasteiger partial charge in [0, 0.05) is 10.6 Å². The van der Waals surface area contributed by atoms with Gasteiger partial charge in [0.15, 0.2) is 5.78 Å². The fraction of sp³-hybridized carbons (Fsp3) is 0.632. The molecule has 1 aromatic rings. The van der Waals surface area contributed by atoms with E-state index in [1.54, 1.807) is 6.07 Å². The predicted molar refractivity (Wildman–Crippen MR) is 98.9 cm³/mol. The molecular weight excluding hydrogens is 329 g/mol. The summed E-state index contributed by atoms with van der Waals surface area (Å²) in [6.07, 6.45) is 11.1. The fourth-order valence-corrected chi connectivity index (χ4v) is 3.88. The van der Waals surface area contributed by atoms with Crippen molar-refractivity contribution >= 4 is 29.0 Å². The maximum absolute atomic E-state index is 12.4. The van der Waals surface area contributed by atoms with E-state index in [2.05, 4.69) is 12.2 Å². The summed E-state index contributed by atoms with van der Waals surface area (Å²) in [4.78, 5) is 12.4. The number of ketones is 1. The Morgan fingerprint density at radius 1 is 1.04 bits per heavy atom. The molecule has 128 valence electrons. The first-order valence-electron chi connectivity index (χ1n) is 8.89. The van der Waals surface area contributed by atoms with Gasteiger partial charge in [-0.05, 0) is 37.1 Å². The molecule has 1 aliphatic carbocycles. The number of carbonyl (C=O) groups is 1. The highest BCUT2D eigenvalue weighted by Gasteiger charge is 2.32. The number of Topliss-reactive ketones (excluding diaryl/α,β-unsaturated/α-hetero) is 1. The Morgan fingerprint density at radius 2 is 1.70 bits per heavy atom. The van der Waals surface area contributed by atoms with Crippen molar-refractivity contribution in [1.82, 2.24) is 5.32 Å². The van der Waals surface area contributed by atoms with E-state index in [1.807, 2.05) is 6.07 Å². The van der Waals surface area contributed by atoms with Crippen molar-refractivity contribution in [3.05, 3.63) is 33.3 Å². The number of nitrogens with one attached hydrogen (secondary N) is 1. The summed E-state index contributed by atoms with van der Waals surface area (Å²) in [5.41, 5.74) is 1.63. The molecule has 0 heterocycles. The van der Waals surface area contributed by atoms with Crippen LogP contribution >= 0.6 is 23.2 Å². The first-order valence-corrected chi connectivity index (χ1v) is 9.64. The van der Waals surface area contributed by atoms with E-state index < -0.39 is 0 Å². The van der Waals surface area contributed by atoms with Gasteiger partial charge in [-0.25, -0.2) is 0 Å². The van der Waals surface area contributed by atoms with Gasteiger partial charge < -0.3 is 5.32 Å². The van der Waals surface area contributed by atoms with E-state index in [9.17, 15) is 4.79 Å². The van der Waals surface area contributed by atoms with Crippen LogP contribution in [0, 0.1) is 0 Å². The molecule has 23 heavy (non-hydrogen) atoms. The van der Waals surface area contributed by atoms with E-state index in [1.165, 1.54) is 44.9 Å². The van der Waals surface area contributed by atoms with Crippen LogP contribution in [0.2, 0.25) is 10.0 Å². The Balaban J connectivity index is 1.65. The lowest BCUT2D eigenvalue weighted by molar-refractivity contribution is 0.0958. The van der Waals surface area contributed by atoms with Gasteiger partial charge in [0.05, 0.1) is 11.1 Å². The highest BCUT2D eigenvalue weighted by molar-refractivity contribution is 6.37. The molecule has 1 N–H and O–H groups in total. The van der Waals surface area contributed by atoms with Crippen LogP contribution in [0.1, 0.15) is 74.2 Å². The Morgan fingerprint density at radius 3 is 2.39 bits per heavy atom.